The van der Waals surface area contributed by atoms with Gasteiger partial charge >= 0.3 is 0 Å². The minimum atomic E-state index is -0.754. The molecule has 0 amide bonds. The number of benzene rings is 1. The van der Waals surface area contributed by atoms with E-state index in [4.69, 9.17) is 11.6 Å². The Hall–Kier alpha value is -0.770. The van der Waals surface area contributed by atoms with Crippen molar-refractivity contribution in [3.8, 4) is 0 Å². The zero-order valence-corrected chi connectivity index (χ0v) is 8.88. The standard InChI is InChI=1S/C10H15ClN2O/c1-8-3-2-4-9(7-8)13-10(14)12-6-5-11/h2-4,7,10,12-14H,5-6H2,1H3. The first kappa shape index (κ1) is 11.3. The first-order chi connectivity index (χ1) is 6.72. The van der Waals surface area contributed by atoms with Crippen LogP contribution in [0.3, 0.4) is 0 Å². The monoisotopic (exact) mass is 214 g/mol. The second-order valence-electron chi connectivity index (χ2n) is 3.06. The van der Waals surface area contributed by atoms with Crippen LogP contribution in [0.1, 0.15) is 5.56 Å². The average molecular weight is 215 g/mol. The van der Waals surface area contributed by atoms with Crippen molar-refractivity contribution in [2.45, 2.75) is 13.3 Å². The molecule has 0 aromatic heterocycles. The third-order valence-electron chi connectivity index (χ3n) is 1.75. The van der Waals surface area contributed by atoms with Gasteiger partial charge < -0.3 is 10.4 Å². The smallest absolute Gasteiger partial charge is 0.181 e. The first-order valence-corrected chi connectivity index (χ1v) is 5.06. The van der Waals surface area contributed by atoms with Crippen LogP contribution in [-0.2, 0) is 0 Å². The molecular weight excluding hydrogens is 200 g/mol. The number of halogens is 1. The van der Waals surface area contributed by atoms with Gasteiger partial charge in [0.15, 0.2) is 6.35 Å². The summed E-state index contributed by atoms with van der Waals surface area (Å²) in [5.41, 5.74) is 2.04. The largest absolute Gasteiger partial charge is 0.361 e. The third kappa shape index (κ3) is 3.96. The number of nitrogens with one attached hydrogen (secondary N) is 2. The lowest BCUT2D eigenvalue weighted by Gasteiger charge is -2.15. The van der Waals surface area contributed by atoms with E-state index in [0.717, 1.165) is 11.3 Å². The topological polar surface area (TPSA) is 44.3 Å². The first-order valence-electron chi connectivity index (χ1n) is 4.53. The summed E-state index contributed by atoms with van der Waals surface area (Å²) in [6.07, 6.45) is -0.754. The fraction of sp³-hybridized carbons (Fsp3) is 0.400. The second-order valence-corrected chi connectivity index (χ2v) is 3.44. The van der Waals surface area contributed by atoms with Gasteiger partial charge in [0.2, 0.25) is 0 Å². The summed E-state index contributed by atoms with van der Waals surface area (Å²) in [6.45, 7) is 2.57. The Balaban J connectivity index is 2.43. The van der Waals surface area contributed by atoms with Gasteiger partial charge in [0, 0.05) is 18.1 Å². The molecule has 0 saturated heterocycles. The number of hydrogen-bond donors (Lipinski definition) is 3. The lowest BCUT2D eigenvalue weighted by molar-refractivity contribution is 0.168. The number of aliphatic hydroxyl groups is 1. The van der Waals surface area contributed by atoms with E-state index in [1.807, 2.05) is 31.2 Å². The van der Waals surface area contributed by atoms with Gasteiger partial charge in [-0.25, -0.2) is 0 Å². The molecule has 0 aliphatic rings. The number of alkyl halides is 1. The van der Waals surface area contributed by atoms with Crippen LogP contribution in [0.15, 0.2) is 24.3 Å². The third-order valence-corrected chi connectivity index (χ3v) is 1.94. The molecule has 0 spiro atoms. The van der Waals surface area contributed by atoms with Gasteiger partial charge in [0.1, 0.15) is 0 Å². The lowest BCUT2D eigenvalue weighted by atomic mass is 10.2. The summed E-state index contributed by atoms with van der Waals surface area (Å²) >= 11 is 5.47. The molecular formula is C10H15ClN2O. The fourth-order valence-electron chi connectivity index (χ4n) is 1.14. The molecule has 1 unspecified atom stereocenters. The molecule has 1 rings (SSSR count). The Morgan fingerprint density at radius 3 is 2.93 bits per heavy atom. The molecule has 14 heavy (non-hydrogen) atoms. The van der Waals surface area contributed by atoms with Gasteiger partial charge in [-0.2, -0.15) is 0 Å². The molecule has 1 atom stereocenters. The Morgan fingerprint density at radius 1 is 1.50 bits per heavy atom. The van der Waals surface area contributed by atoms with Crippen LogP contribution < -0.4 is 10.6 Å². The number of aryl methyl sites for hydroxylation is 1. The number of hydrogen-bond acceptors (Lipinski definition) is 3. The normalized spacial score (nSPS) is 12.5. The van der Waals surface area contributed by atoms with Gasteiger partial charge in [-0.1, -0.05) is 12.1 Å². The zero-order chi connectivity index (χ0) is 10.4. The van der Waals surface area contributed by atoms with Crippen LogP contribution in [0, 0.1) is 6.92 Å². The summed E-state index contributed by atoms with van der Waals surface area (Å²) < 4.78 is 0. The molecule has 0 aliphatic heterocycles. The molecule has 0 fully saturated rings. The molecule has 78 valence electrons. The average Bonchev–Trinajstić information content (AvgIpc) is 2.15. The van der Waals surface area contributed by atoms with Crippen molar-refractivity contribution in [1.82, 2.24) is 5.32 Å². The van der Waals surface area contributed by atoms with Crippen LogP contribution in [0.25, 0.3) is 0 Å². The minimum Gasteiger partial charge on any atom is -0.361 e. The van der Waals surface area contributed by atoms with Crippen LogP contribution in [-0.4, -0.2) is 23.9 Å². The molecule has 3 N–H and O–H groups in total. The molecule has 0 radical (unpaired) electrons. The van der Waals surface area contributed by atoms with E-state index in [0.29, 0.717) is 12.4 Å². The van der Waals surface area contributed by atoms with Gasteiger partial charge in [-0.05, 0) is 24.6 Å². The van der Waals surface area contributed by atoms with Crippen molar-refractivity contribution >= 4 is 17.3 Å². The Bertz CT molecular complexity index is 281. The molecule has 0 aliphatic carbocycles. The highest BCUT2D eigenvalue weighted by molar-refractivity contribution is 6.18. The van der Waals surface area contributed by atoms with Gasteiger partial charge in [-0.3, -0.25) is 5.32 Å². The van der Waals surface area contributed by atoms with Crippen molar-refractivity contribution in [3.63, 3.8) is 0 Å². The van der Waals surface area contributed by atoms with E-state index in [9.17, 15) is 5.11 Å². The molecule has 4 heteroatoms. The summed E-state index contributed by atoms with van der Waals surface area (Å²) in [6, 6.07) is 7.81. The van der Waals surface area contributed by atoms with Gasteiger partial charge in [0.25, 0.3) is 0 Å². The van der Waals surface area contributed by atoms with Gasteiger partial charge in [-0.15, -0.1) is 11.6 Å². The summed E-state index contributed by atoms with van der Waals surface area (Å²) in [7, 11) is 0. The summed E-state index contributed by atoms with van der Waals surface area (Å²) in [5, 5.41) is 15.2. The van der Waals surface area contributed by atoms with E-state index >= 15 is 0 Å². The van der Waals surface area contributed by atoms with Crippen molar-refractivity contribution < 1.29 is 5.11 Å². The maximum atomic E-state index is 9.44. The van der Waals surface area contributed by atoms with Crippen LogP contribution >= 0.6 is 11.6 Å². The SMILES string of the molecule is Cc1cccc(NC(O)NCCCl)c1. The second kappa shape index (κ2) is 5.86. The van der Waals surface area contributed by atoms with Gasteiger partial charge in [0.05, 0.1) is 0 Å². The molecule has 1 aromatic rings. The van der Waals surface area contributed by atoms with Crippen molar-refractivity contribution in [2.24, 2.45) is 0 Å². The molecule has 0 saturated carbocycles. The van der Waals surface area contributed by atoms with Crippen LogP contribution in [0.4, 0.5) is 5.69 Å². The number of rotatable bonds is 5. The molecule has 0 heterocycles. The molecule has 1 aromatic carbocycles. The highest BCUT2D eigenvalue weighted by Gasteiger charge is 2.00. The van der Waals surface area contributed by atoms with E-state index < -0.39 is 6.35 Å². The fourth-order valence-corrected chi connectivity index (χ4v) is 1.24. The maximum absolute atomic E-state index is 9.44. The Kier molecular flexibility index (Phi) is 4.73. The summed E-state index contributed by atoms with van der Waals surface area (Å²) in [5.74, 6) is 0.479. The van der Waals surface area contributed by atoms with E-state index in [1.54, 1.807) is 0 Å². The molecule has 3 nitrogen and oxygen atoms in total. The molecule has 0 bridgehead atoms. The predicted octanol–water partition coefficient (Wildman–Crippen LogP) is 1.51. The van der Waals surface area contributed by atoms with Crippen LogP contribution in [0.2, 0.25) is 0 Å². The quantitative estimate of drug-likeness (QED) is 0.514. The highest BCUT2D eigenvalue weighted by atomic mass is 35.5. The van der Waals surface area contributed by atoms with Crippen molar-refractivity contribution in [3.05, 3.63) is 29.8 Å². The number of anilines is 1. The Morgan fingerprint density at radius 2 is 2.29 bits per heavy atom. The lowest BCUT2D eigenvalue weighted by Crippen LogP contribution is -2.37. The zero-order valence-electron chi connectivity index (χ0n) is 8.13. The minimum absolute atomic E-state index is 0.479. The van der Waals surface area contributed by atoms with E-state index in [1.165, 1.54) is 0 Å². The van der Waals surface area contributed by atoms with E-state index in [-0.39, 0.29) is 0 Å². The van der Waals surface area contributed by atoms with Crippen molar-refractivity contribution in [1.29, 1.82) is 0 Å². The van der Waals surface area contributed by atoms with Crippen molar-refractivity contribution in [2.75, 3.05) is 17.7 Å². The highest BCUT2D eigenvalue weighted by Crippen LogP contribution is 2.09. The Labute approximate surface area is 89.1 Å². The number of aliphatic hydroxyl groups excluding tert-OH is 1. The maximum Gasteiger partial charge on any atom is 0.181 e. The van der Waals surface area contributed by atoms with Crippen LogP contribution in [0.5, 0.6) is 0 Å². The predicted molar refractivity (Wildman–Crippen MR) is 59.5 cm³/mol. The summed E-state index contributed by atoms with van der Waals surface area (Å²) in [4.78, 5) is 0. The van der Waals surface area contributed by atoms with E-state index in [2.05, 4.69) is 10.6 Å².